The molecule has 0 aromatic rings. The van der Waals surface area contributed by atoms with Crippen LogP contribution in [0.25, 0.3) is 0 Å². The van der Waals surface area contributed by atoms with Crippen molar-refractivity contribution in [2.24, 2.45) is 0 Å². The number of thiol groups is 3. The number of carbonyl (C=O) groups is 3. The molecular formula is C12H20O9S3. The molecule has 24 heavy (non-hydrogen) atoms. The van der Waals surface area contributed by atoms with Crippen LogP contribution in [0.3, 0.4) is 0 Å². The third-order valence-electron chi connectivity index (χ3n) is 2.61. The fourth-order valence-electron chi connectivity index (χ4n) is 1.59. The van der Waals surface area contributed by atoms with Crippen molar-refractivity contribution in [3.05, 3.63) is 0 Å². The van der Waals surface area contributed by atoms with Crippen molar-refractivity contribution < 1.29 is 43.9 Å². The molecule has 0 fully saturated rings. The number of ether oxygens (including phenoxy) is 3. The van der Waals surface area contributed by atoms with Crippen molar-refractivity contribution in [1.82, 2.24) is 0 Å². The third kappa shape index (κ3) is 7.07. The van der Waals surface area contributed by atoms with Gasteiger partial charge in [0.1, 0.15) is 0 Å². The van der Waals surface area contributed by atoms with E-state index >= 15 is 0 Å². The Bertz CT molecular complexity index is 423. The lowest BCUT2D eigenvalue weighted by molar-refractivity contribution is -0.444. The van der Waals surface area contributed by atoms with E-state index in [0.717, 1.165) is 0 Å². The number of esters is 3. The lowest BCUT2D eigenvalue weighted by Gasteiger charge is -2.39. The standard InChI is InChI=1S/C12H20O9S3/c13-4-2-1-3-11(19-8(14)5-22,20-9(15)6-23)12(17,18)21-10(16)7-24/h13,17-18,22-24H,1-7H2. The van der Waals surface area contributed by atoms with E-state index in [1.54, 1.807) is 0 Å². The molecule has 0 atom stereocenters. The van der Waals surface area contributed by atoms with Gasteiger partial charge in [0.2, 0.25) is 0 Å². The summed E-state index contributed by atoms with van der Waals surface area (Å²) in [6, 6.07) is 0. The van der Waals surface area contributed by atoms with Crippen LogP contribution in [-0.4, -0.2) is 68.9 Å². The highest BCUT2D eigenvalue weighted by Crippen LogP contribution is 2.34. The molecule has 0 unspecified atom stereocenters. The summed E-state index contributed by atoms with van der Waals surface area (Å²) < 4.78 is 14.1. The lowest BCUT2D eigenvalue weighted by Crippen LogP contribution is -2.62. The topological polar surface area (TPSA) is 140 Å². The zero-order valence-electron chi connectivity index (χ0n) is 12.6. The van der Waals surface area contributed by atoms with Crippen molar-refractivity contribution in [1.29, 1.82) is 0 Å². The summed E-state index contributed by atoms with van der Waals surface area (Å²) in [6.07, 6.45) is -0.272. The van der Waals surface area contributed by atoms with E-state index in [1.807, 2.05) is 0 Å². The van der Waals surface area contributed by atoms with Crippen LogP contribution in [0.4, 0.5) is 0 Å². The number of aliphatic hydroxyl groups is 3. The average molecular weight is 404 g/mol. The van der Waals surface area contributed by atoms with E-state index in [-0.39, 0.29) is 19.4 Å². The van der Waals surface area contributed by atoms with Gasteiger partial charge in [-0.25, -0.2) is 0 Å². The van der Waals surface area contributed by atoms with Gasteiger partial charge < -0.3 is 29.5 Å². The van der Waals surface area contributed by atoms with Gasteiger partial charge in [0, 0.05) is 13.0 Å². The molecule has 0 saturated heterocycles. The summed E-state index contributed by atoms with van der Waals surface area (Å²) >= 11 is 11.0. The SMILES string of the molecule is O=C(CS)OC(O)(O)C(CCCCO)(OC(=O)CS)OC(=O)CS. The Morgan fingerprint density at radius 2 is 1.21 bits per heavy atom. The second-order valence-electron chi connectivity index (χ2n) is 4.44. The lowest BCUT2D eigenvalue weighted by atomic mass is 10.1. The smallest absolute Gasteiger partial charge is 0.406 e. The van der Waals surface area contributed by atoms with Gasteiger partial charge in [0.15, 0.2) is 0 Å². The van der Waals surface area contributed by atoms with Gasteiger partial charge >= 0.3 is 29.7 Å². The zero-order valence-corrected chi connectivity index (χ0v) is 15.3. The molecule has 0 radical (unpaired) electrons. The molecule has 0 heterocycles. The average Bonchev–Trinajstić information content (AvgIpc) is 2.53. The van der Waals surface area contributed by atoms with Crippen molar-refractivity contribution in [2.75, 3.05) is 23.9 Å². The first-order valence-corrected chi connectivity index (χ1v) is 8.61. The molecule has 12 heteroatoms. The number of carbonyl (C=O) groups excluding carboxylic acids is 3. The highest BCUT2D eigenvalue weighted by atomic mass is 32.1. The number of hydrogen-bond acceptors (Lipinski definition) is 12. The molecule has 0 aliphatic heterocycles. The van der Waals surface area contributed by atoms with Crippen LogP contribution < -0.4 is 0 Å². The van der Waals surface area contributed by atoms with Gasteiger partial charge in [-0.2, -0.15) is 37.9 Å². The predicted octanol–water partition coefficient (Wildman–Crippen LogP) is -1.10. The van der Waals surface area contributed by atoms with Crippen LogP contribution in [0.1, 0.15) is 19.3 Å². The Morgan fingerprint density at radius 1 is 0.792 bits per heavy atom. The van der Waals surface area contributed by atoms with E-state index in [4.69, 9.17) is 14.6 Å². The molecule has 0 rings (SSSR count). The zero-order chi connectivity index (χ0) is 18.8. The Labute approximate surface area is 154 Å². The van der Waals surface area contributed by atoms with Gasteiger partial charge in [-0.05, 0) is 12.8 Å². The van der Waals surface area contributed by atoms with Gasteiger partial charge in [-0.3, -0.25) is 14.4 Å². The molecule has 9 nitrogen and oxygen atoms in total. The number of unbranched alkanes of at least 4 members (excludes halogenated alkanes) is 1. The monoisotopic (exact) mass is 404 g/mol. The summed E-state index contributed by atoms with van der Waals surface area (Å²) in [7, 11) is 0. The maximum atomic E-state index is 11.6. The Balaban J connectivity index is 5.76. The summed E-state index contributed by atoms with van der Waals surface area (Å²) in [4.78, 5) is 34.5. The summed E-state index contributed by atoms with van der Waals surface area (Å²) in [5.41, 5.74) is 0. The molecule has 3 N–H and O–H groups in total. The number of rotatable bonds is 11. The Hall–Kier alpha value is -0.660. The van der Waals surface area contributed by atoms with E-state index in [1.165, 1.54) is 0 Å². The first kappa shape index (κ1) is 23.3. The summed E-state index contributed by atoms with van der Waals surface area (Å²) in [5.74, 6) is -11.0. The highest BCUT2D eigenvalue weighted by molar-refractivity contribution is 7.81. The molecule has 0 aromatic carbocycles. The molecule has 0 aliphatic carbocycles. The largest absolute Gasteiger partial charge is 0.413 e. The van der Waals surface area contributed by atoms with E-state index < -0.39 is 53.3 Å². The van der Waals surface area contributed by atoms with Crippen LogP contribution in [-0.2, 0) is 28.6 Å². The molecule has 0 aromatic heterocycles. The molecule has 0 saturated carbocycles. The fraction of sp³-hybridized carbons (Fsp3) is 0.750. The first-order valence-electron chi connectivity index (χ1n) is 6.71. The molecule has 0 amide bonds. The predicted molar refractivity (Wildman–Crippen MR) is 90.7 cm³/mol. The van der Waals surface area contributed by atoms with Crippen molar-refractivity contribution in [3.8, 4) is 0 Å². The van der Waals surface area contributed by atoms with Gasteiger partial charge in [0.05, 0.1) is 17.3 Å². The fourth-order valence-corrected chi connectivity index (χ4v) is 1.78. The van der Waals surface area contributed by atoms with Crippen LogP contribution in [0.2, 0.25) is 0 Å². The van der Waals surface area contributed by atoms with Crippen molar-refractivity contribution in [2.45, 2.75) is 31.0 Å². The normalized spacial score (nSPS) is 11.8. The molecular weight excluding hydrogens is 384 g/mol. The molecule has 0 aliphatic rings. The van der Waals surface area contributed by atoms with E-state index in [9.17, 15) is 24.6 Å². The van der Waals surface area contributed by atoms with Crippen molar-refractivity contribution >= 4 is 55.8 Å². The molecule has 0 spiro atoms. The van der Waals surface area contributed by atoms with Gasteiger partial charge in [0.25, 0.3) is 0 Å². The van der Waals surface area contributed by atoms with Crippen LogP contribution in [0.5, 0.6) is 0 Å². The minimum atomic E-state index is -3.49. The van der Waals surface area contributed by atoms with E-state index in [0.29, 0.717) is 0 Å². The first-order chi connectivity index (χ1) is 11.2. The minimum Gasteiger partial charge on any atom is -0.413 e. The maximum Gasteiger partial charge on any atom is 0.406 e. The van der Waals surface area contributed by atoms with Crippen molar-refractivity contribution in [3.63, 3.8) is 0 Å². The summed E-state index contributed by atoms with van der Waals surface area (Å²) in [5, 5.41) is 29.1. The molecule has 140 valence electrons. The highest BCUT2D eigenvalue weighted by Gasteiger charge is 2.60. The van der Waals surface area contributed by atoms with E-state index in [2.05, 4.69) is 42.6 Å². The Morgan fingerprint density at radius 3 is 1.58 bits per heavy atom. The minimum absolute atomic E-state index is 0.0392. The Kier molecular flexibility index (Phi) is 10.7. The molecule has 0 bridgehead atoms. The summed E-state index contributed by atoms with van der Waals surface area (Å²) in [6.45, 7) is -0.253. The second kappa shape index (κ2) is 11.1. The maximum absolute atomic E-state index is 11.6. The third-order valence-corrected chi connectivity index (χ3v) is 3.39. The number of hydrogen-bond donors (Lipinski definition) is 6. The second-order valence-corrected chi connectivity index (χ2v) is 5.39. The quantitative estimate of drug-likeness (QED) is 0.110. The van der Waals surface area contributed by atoms with Crippen LogP contribution >= 0.6 is 37.9 Å². The van der Waals surface area contributed by atoms with Crippen LogP contribution in [0.15, 0.2) is 0 Å². The number of aliphatic hydroxyl groups excluding tert-OH is 1. The van der Waals surface area contributed by atoms with Gasteiger partial charge in [-0.1, -0.05) is 0 Å². The van der Waals surface area contributed by atoms with Gasteiger partial charge in [-0.15, -0.1) is 0 Å². The van der Waals surface area contributed by atoms with Crippen LogP contribution in [0, 0.1) is 0 Å².